The van der Waals surface area contributed by atoms with Gasteiger partial charge in [0, 0.05) is 42.9 Å². The van der Waals surface area contributed by atoms with Crippen LogP contribution in [-0.2, 0) is 35.1 Å². The molecule has 0 radical (unpaired) electrons. The number of cyclic esters (lactones) is 1. The molecule has 2 aromatic rings. The number of hydrogen-bond donors (Lipinski definition) is 3. The molecule has 15 nitrogen and oxygen atoms in total. The lowest BCUT2D eigenvalue weighted by atomic mass is 9.72. The number of aliphatic hydroxyl groups is 2. The van der Waals surface area contributed by atoms with Crippen molar-refractivity contribution in [2.24, 2.45) is 23.7 Å². The number of fused-ring (bicyclic) bond motifs is 1. The van der Waals surface area contributed by atoms with Crippen LogP contribution in [0.4, 0.5) is 4.79 Å². The molecule has 6 rings (SSSR count). The minimum absolute atomic E-state index is 0.186. The number of amides is 1. The standard InChI is InChI=1S/C43H66N6O9/c1-11-33-43(8)37-27(4)34(45-24-48(49(37)41(53)58-43)19-15-18-47-22-31(44-23-47)30-16-13-12-14-17-30)25(2)21-42(7,54)38(28(5)35(50)29(6)39(52)56-33)57-40-36(51)32(46(9)10)20-26(3)55-40/h12-14,16-17,22-23,25-29,32-34,36-38,40,45,51,54H,11,15,18-21,24H2,1-10H3/t25-,26-,27+,28+,29-,32+,33-,34?,36-,37-,38-,40+,42+,43-/m1/s1. The Balaban J connectivity index is 1.31. The van der Waals surface area contributed by atoms with Crippen molar-refractivity contribution in [1.29, 1.82) is 0 Å². The summed E-state index contributed by atoms with van der Waals surface area (Å²) in [7, 11) is 3.76. The first kappa shape index (κ1) is 44.1. The molecule has 4 saturated heterocycles. The zero-order valence-electron chi connectivity index (χ0n) is 35.9. The number of Topliss-reactive ketones (excluding diaryl/α,β-unsaturated/α-hetero) is 1. The summed E-state index contributed by atoms with van der Waals surface area (Å²) in [5, 5.41) is 31.4. The second-order valence-electron chi connectivity index (χ2n) is 17.9. The SMILES string of the molecule is CC[C@H]1OC(=O)[C@H](C)C(=O)[C@H](C)[C@@H](O[C@@H]2O[C@H](C)C[C@H](N(C)C)[C@H]2O)[C@@](C)(O)C[C@@H](C)C2NCN(CCCn3cnc(-c4ccccc4)c3)N3C(=O)O[C@@]1(C)[C@H]3[C@H]2C. The first-order chi connectivity index (χ1) is 27.4. The van der Waals surface area contributed by atoms with E-state index in [1.54, 1.807) is 18.9 Å². The molecule has 1 aromatic carbocycles. The summed E-state index contributed by atoms with van der Waals surface area (Å²) in [5.74, 6) is -3.92. The number of rotatable bonds is 9. The Morgan fingerprint density at radius 1 is 1.05 bits per heavy atom. The van der Waals surface area contributed by atoms with Crippen LogP contribution in [0.5, 0.6) is 0 Å². The molecular formula is C43H66N6O9. The predicted molar refractivity (Wildman–Crippen MR) is 216 cm³/mol. The van der Waals surface area contributed by atoms with Gasteiger partial charge in [-0.3, -0.25) is 14.9 Å². The van der Waals surface area contributed by atoms with Crippen molar-refractivity contribution >= 4 is 17.8 Å². The number of aliphatic hydroxyl groups excluding tert-OH is 1. The van der Waals surface area contributed by atoms with Gasteiger partial charge in [0.25, 0.3) is 0 Å². The van der Waals surface area contributed by atoms with Crippen molar-refractivity contribution in [2.45, 2.75) is 148 Å². The van der Waals surface area contributed by atoms with E-state index >= 15 is 0 Å². The molecule has 15 heteroatoms. The first-order valence-electron chi connectivity index (χ1n) is 21.1. The topological polar surface area (TPSA) is 168 Å². The number of carbonyl (C=O) groups is 3. The molecule has 4 fully saturated rings. The highest BCUT2D eigenvalue weighted by Gasteiger charge is 2.62. The van der Waals surface area contributed by atoms with E-state index in [0.717, 1.165) is 11.3 Å². The highest BCUT2D eigenvalue weighted by Crippen LogP contribution is 2.45. The zero-order chi connectivity index (χ0) is 42.3. The van der Waals surface area contributed by atoms with Crippen LogP contribution < -0.4 is 5.32 Å². The third-order valence-corrected chi connectivity index (χ3v) is 13.2. The second kappa shape index (κ2) is 17.6. The number of hydrogen-bond acceptors (Lipinski definition) is 13. The summed E-state index contributed by atoms with van der Waals surface area (Å²) in [6.45, 7) is 16.0. The van der Waals surface area contributed by atoms with Gasteiger partial charge in [-0.15, -0.1) is 0 Å². The minimum atomic E-state index is -1.63. The normalized spacial score (nSPS) is 39.3. The van der Waals surface area contributed by atoms with Crippen LogP contribution in [0.3, 0.4) is 0 Å². The molecule has 1 aromatic heterocycles. The van der Waals surface area contributed by atoms with Gasteiger partial charge in [0.2, 0.25) is 0 Å². The lowest BCUT2D eigenvalue weighted by molar-refractivity contribution is -0.293. The van der Waals surface area contributed by atoms with Crippen LogP contribution in [0.25, 0.3) is 11.3 Å². The Labute approximate surface area is 343 Å². The second-order valence-corrected chi connectivity index (χ2v) is 17.9. The summed E-state index contributed by atoms with van der Waals surface area (Å²) in [6.07, 6.45) is 0.632. The van der Waals surface area contributed by atoms with E-state index in [4.69, 9.17) is 18.9 Å². The summed E-state index contributed by atoms with van der Waals surface area (Å²) >= 11 is 0. The summed E-state index contributed by atoms with van der Waals surface area (Å²) in [6, 6.07) is 8.88. The number of imidazole rings is 1. The minimum Gasteiger partial charge on any atom is -0.458 e. The summed E-state index contributed by atoms with van der Waals surface area (Å²) in [5.41, 5.74) is -0.978. The van der Waals surface area contributed by atoms with Crippen LogP contribution >= 0.6 is 0 Å². The quantitative estimate of drug-likeness (QED) is 0.245. The number of likely N-dealkylation sites (N-methyl/N-ethyl adjacent to an activating group) is 1. The molecule has 58 heavy (non-hydrogen) atoms. The smallest absolute Gasteiger partial charge is 0.425 e. The molecule has 2 bridgehead atoms. The highest BCUT2D eigenvalue weighted by atomic mass is 16.7. The lowest BCUT2D eigenvalue weighted by Gasteiger charge is -2.47. The van der Waals surface area contributed by atoms with Crippen LogP contribution in [0, 0.1) is 23.7 Å². The summed E-state index contributed by atoms with van der Waals surface area (Å²) in [4.78, 5) is 48.9. The van der Waals surface area contributed by atoms with Crippen molar-refractivity contribution in [1.82, 2.24) is 29.8 Å². The van der Waals surface area contributed by atoms with E-state index in [-0.39, 0.29) is 36.4 Å². The Morgan fingerprint density at radius 2 is 1.76 bits per heavy atom. The Kier molecular flexibility index (Phi) is 13.4. The number of esters is 1. The average Bonchev–Trinajstić information content (AvgIpc) is 3.71. The van der Waals surface area contributed by atoms with Crippen LogP contribution in [0.2, 0.25) is 0 Å². The van der Waals surface area contributed by atoms with Crippen LogP contribution in [-0.4, -0.2) is 140 Å². The summed E-state index contributed by atoms with van der Waals surface area (Å²) < 4.78 is 27.2. The van der Waals surface area contributed by atoms with E-state index in [2.05, 4.69) is 17.2 Å². The largest absolute Gasteiger partial charge is 0.458 e. The molecular weight excluding hydrogens is 745 g/mol. The van der Waals surface area contributed by atoms with Crippen LogP contribution in [0.15, 0.2) is 42.9 Å². The third kappa shape index (κ3) is 8.72. The van der Waals surface area contributed by atoms with E-state index in [0.29, 0.717) is 39.0 Å². The molecule has 0 saturated carbocycles. The molecule has 14 atom stereocenters. The van der Waals surface area contributed by atoms with Gasteiger partial charge in [0.1, 0.15) is 18.1 Å². The van der Waals surface area contributed by atoms with Crippen LogP contribution in [0.1, 0.15) is 81.1 Å². The number of carbonyl (C=O) groups excluding carboxylic acids is 3. The van der Waals surface area contributed by atoms with Crippen molar-refractivity contribution in [2.75, 3.05) is 27.3 Å². The predicted octanol–water partition coefficient (Wildman–Crippen LogP) is 4.07. The number of aromatic nitrogens is 2. The van der Waals surface area contributed by atoms with Crippen molar-refractivity contribution in [3.8, 4) is 11.3 Å². The van der Waals surface area contributed by atoms with Gasteiger partial charge in [0.15, 0.2) is 17.7 Å². The number of nitrogens with zero attached hydrogens (tertiary/aromatic N) is 5. The number of aryl methyl sites for hydroxylation is 1. The van der Waals surface area contributed by atoms with Gasteiger partial charge in [-0.25, -0.2) is 19.8 Å². The van der Waals surface area contributed by atoms with Gasteiger partial charge in [-0.2, -0.15) is 0 Å². The molecule has 0 spiro atoms. The lowest BCUT2D eigenvalue weighted by Crippen LogP contribution is -2.61. The Hall–Kier alpha value is -3.44. The van der Waals surface area contributed by atoms with Gasteiger partial charge in [-0.05, 0) is 79.3 Å². The molecule has 1 amide bonds. The van der Waals surface area contributed by atoms with Crippen molar-refractivity contribution < 1.29 is 43.5 Å². The monoisotopic (exact) mass is 810 g/mol. The van der Waals surface area contributed by atoms with Gasteiger partial charge < -0.3 is 38.6 Å². The van der Waals surface area contributed by atoms with E-state index in [9.17, 15) is 24.6 Å². The van der Waals surface area contributed by atoms with Gasteiger partial charge in [0.05, 0.1) is 42.5 Å². The van der Waals surface area contributed by atoms with Crippen molar-refractivity contribution in [3.63, 3.8) is 0 Å². The number of benzene rings is 1. The maximum Gasteiger partial charge on any atom is 0.425 e. The maximum absolute atomic E-state index is 14.3. The van der Waals surface area contributed by atoms with E-state index < -0.39 is 71.5 Å². The van der Waals surface area contributed by atoms with Gasteiger partial charge >= 0.3 is 12.1 Å². The highest BCUT2D eigenvalue weighted by molar-refractivity contribution is 6.00. The Morgan fingerprint density at radius 3 is 2.43 bits per heavy atom. The number of nitrogens with one attached hydrogen (secondary N) is 1. The van der Waals surface area contributed by atoms with Gasteiger partial charge in [-0.1, -0.05) is 58.0 Å². The van der Waals surface area contributed by atoms with E-state index in [1.165, 1.54) is 6.92 Å². The average molecular weight is 811 g/mol. The molecule has 322 valence electrons. The zero-order valence-corrected chi connectivity index (χ0v) is 35.9. The third-order valence-electron chi connectivity index (χ3n) is 13.2. The fourth-order valence-electron chi connectivity index (χ4n) is 10.2. The first-order valence-corrected chi connectivity index (χ1v) is 21.1. The van der Waals surface area contributed by atoms with E-state index in [1.807, 2.05) is 99.1 Å². The fourth-order valence-corrected chi connectivity index (χ4v) is 10.2. The number of hydrazine groups is 1. The number of ketones is 1. The number of ether oxygens (including phenoxy) is 4. The molecule has 3 N–H and O–H groups in total. The maximum atomic E-state index is 14.3. The molecule has 1 unspecified atom stereocenters. The van der Waals surface area contributed by atoms with Crippen molar-refractivity contribution in [3.05, 3.63) is 42.9 Å². The Bertz CT molecular complexity index is 1740. The fraction of sp³-hybridized carbons (Fsp3) is 0.721. The molecule has 4 aliphatic rings. The molecule has 0 aliphatic carbocycles. The molecule has 4 aliphatic heterocycles. The molecule has 5 heterocycles.